The van der Waals surface area contributed by atoms with Crippen LogP contribution in [0.3, 0.4) is 0 Å². The molecule has 0 amide bonds. The lowest BCUT2D eigenvalue weighted by Gasteiger charge is -2.10. The monoisotopic (exact) mass is 265 g/mol. The summed E-state index contributed by atoms with van der Waals surface area (Å²) in [5.74, 6) is -0.392. The normalized spacial score (nSPS) is 10.2. The number of halogens is 2. The predicted octanol–water partition coefficient (Wildman–Crippen LogP) is 4.05. The van der Waals surface area contributed by atoms with Crippen LogP contribution >= 0.6 is 11.6 Å². The van der Waals surface area contributed by atoms with Crippen LogP contribution in [0.5, 0.6) is 0 Å². The van der Waals surface area contributed by atoms with Crippen LogP contribution in [0.1, 0.15) is 6.92 Å². The van der Waals surface area contributed by atoms with Gasteiger partial charge in [0.25, 0.3) is 0 Å². The average molecular weight is 266 g/mol. The minimum Gasteiger partial charge on any atom is -0.384 e. The Labute approximate surface area is 110 Å². The van der Waals surface area contributed by atoms with Gasteiger partial charge in [-0.2, -0.15) is 0 Å². The number of pyridine rings is 1. The van der Waals surface area contributed by atoms with E-state index in [4.69, 9.17) is 11.6 Å². The van der Waals surface area contributed by atoms with Crippen molar-refractivity contribution in [3.05, 3.63) is 47.5 Å². The highest BCUT2D eigenvalue weighted by atomic mass is 35.5. The van der Waals surface area contributed by atoms with Crippen molar-refractivity contribution < 1.29 is 4.39 Å². The number of aromatic nitrogens is 1. The molecule has 0 fully saturated rings. The lowest BCUT2D eigenvalue weighted by molar-refractivity contribution is 0.632. The molecule has 0 radical (unpaired) electrons. The third kappa shape index (κ3) is 2.90. The summed E-state index contributed by atoms with van der Waals surface area (Å²) >= 11 is 5.94. The van der Waals surface area contributed by atoms with Gasteiger partial charge in [0.05, 0.1) is 34.5 Å². The van der Waals surface area contributed by atoms with Crippen molar-refractivity contribution in [2.45, 2.75) is 6.92 Å². The van der Waals surface area contributed by atoms with E-state index in [0.717, 1.165) is 12.2 Å². The van der Waals surface area contributed by atoms with Crippen LogP contribution in [0.2, 0.25) is 5.02 Å². The molecule has 0 aliphatic rings. The Morgan fingerprint density at radius 1 is 1.28 bits per heavy atom. The third-order valence-electron chi connectivity index (χ3n) is 2.35. The van der Waals surface area contributed by atoms with Gasteiger partial charge >= 0.3 is 0 Å². The maximum atomic E-state index is 13.6. The molecule has 0 bridgehead atoms. The largest absolute Gasteiger partial charge is 0.384 e. The van der Waals surface area contributed by atoms with Gasteiger partial charge in [-0.3, -0.25) is 4.98 Å². The van der Waals surface area contributed by atoms with Crippen molar-refractivity contribution in [2.75, 3.05) is 17.2 Å². The number of hydrogen-bond acceptors (Lipinski definition) is 3. The average Bonchev–Trinajstić information content (AvgIpc) is 2.35. The minimum absolute atomic E-state index is 0.259. The summed E-state index contributed by atoms with van der Waals surface area (Å²) in [6.07, 6.45) is 3.32. The van der Waals surface area contributed by atoms with Gasteiger partial charge in [-0.05, 0) is 25.1 Å². The molecule has 0 unspecified atom stereocenters. The van der Waals surface area contributed by atoms with Gasteiger partial charge in [0.15, 0.2) is 0 Å². The van der Waals surface area contributed by atoms with E-state index < -0.39 is 5.82 Å². The molecular weight excluding hydrogens is 253 g/mol. The highest BCUT2D eigenvalue weighted by Gasteiger charge is 2.07. The summed E-state index contributed by atoms with van der Waals surface area (Å²) < 4.78 is 13.6. The number of hydrogen-bond donors (Lipinski definition) is 2. The van der Waals surface area contributed by atoms with Gasteiger partial charge in [0.1, 0.15) is 5.82 Å². The zero-order chi connectivity index (χ0) is 13.0. The molecule has 1 heterocycles. The maximum Gasteiger partial charge on any atom is 0.148 e. The Hall–Kier alpha value is -1.81. The van der Waals surface area contributed by atoms with Crippen molar-refractivity contribution in [3.8, 4) is 0 Å². The van der Waals surface area contributed by atoms with E-state index in [1.54, 1.807) is 24.5 Å². The molecule has 2 rings (SSSR count). The first-order chi connectivity index (χ1) is 8.70. The van der Waals surface area contributed by atoms with Crippen LogP contribution in [0.4, 0.5) is 21.5 Å². The summed E-state index contributed by atoms with van der Waals surface area (Å²) in [5.41, 5.74) is 1.81. The first-order valence-corrected chi connectivity index (χ1v) is 5.98. The van der Waals surface area contributed by atoms with Gasteiger partial charge in [0, 0.05) is 6.54 Å². The fourth-order valence-electron chi connectivity index (χ4n) is 1.57. The zero-order valence-electron chi connectivity index (χ0n) is 9.87. The molecule has 2 aromatic rings. The van der Waals surface area contributed by atoms with Gasteiger partial charge in [-0.15, -0.1) is 0 Å². The molecule has 94 valence electrons. The molecule has 0 aliphatic heterocycles. The van der Waals surface area contributed by atoms with Gasteiger partial charge in [0.2, 0.25) is 0 Å². The Kier molecular flexibility index (Phi) is 3.99. The third-order valence-corrected chi connectivity index (χ3v) is 2.67. The van der Waals surface area contributed by atoms with E-state index in [1.807, 2.05) is 13.0 Å². The Morgan fingerprint density at radius 2 is 2.06 bits per heavy atom. The first kappa shape index (κ1) is 12.6. The molecule has 1 aromatic heterocycles. The van der Waals surface area contributed by atoms with Gasteiger partial charge < -0.3 is 10.6 Å². The smallest absolute Gasteiger partial charge is 0.148 e. The maximum absolute atomic E-state index is 13.6. The van der Waals surface area contributed by atoms with E-state index in [2.05, 4.69) is 15.6 Å². The van der Waals surface area contributed by atoms with E-state index in [9.17, 15) is 4.39 Å². The summed E-state index contributed by atoms with van der Waals surface area (Å²) in [5, 5.41) is 6.40. The number of para-hydroxylation sites is 1. The van der Waals surface area contributed by atoms with Crippen molar-refractivity contribution >= 4 is 28.7 Å². The fourth-order valence-corrected chi connectivity index (χ4v) is 1.78. The molecular formula is C13H13ClFN3. The summed E-state index contributed by atoms with van der Waals surface area (Å²) in [7, 11) is 0. The second kappa shape index (κ2) is 5.69. The standard InChI is InChI=1S/C13H13ClFN3/c1-2-17-9-6-10(8-16-7-9)18-13-11(14)4-3-5-12(13)15/h3-8,17-18H,2H2,1H3. The predicted molar refractivity (Wildman–Crippen MR) is 73.1 cm³/mol. The van der Waals surface area contributed by atoms with Crippen LogP contribution in [-0.4, -0.2) is 11.5 Å². The SMILES string of the molecule is CCNc1cncc(Nc2c(F)cccc2Cl)c1. The minimum atomic E-state index is -0.392. The molecule has 0 spiro atoms. The molecule has 0 saturated carbocycles. The van der Waals surface area contributed by atoms with Crippen molar-refractivity contribution in [3.63, 3.8) is 0 Å². The number of benzene rings is 1. The van der Waals surface area contributed by atoms with Crippen LogP contribution in [0.25, 0.3) is 0 Å². The topological polar surface area (TPSA) is 37.0 Å². The van der Waals surface area contributed by atoms with Crippen LogP contribution < -0.4 is 10.6 Å². The van der Waals surface area contributed by atoms with E-state index >= 15 is 0 Å². The molecule has 3 nitrogen and oxygen atoms in total. The summed E-state index contributed by atoms with van der Waals surface area (Å²) in [4.78, 5) is 4.07. The van der Waals surface area contributed by atoms with Gasteiger partial charge in [-0.1, -0.05) is 17.7 Å². The Bertz CT molecular complexity index is 525. The van der Waals surface area contributed by atoms with Crippen LogP contribution in [0, 0.1) is 5.82 Å². The Balaban J connectivity index is 2.26. The highest BCUT2D eigenvalue weighted by Crippen LogP contribution is 2.28. The first-order valence-electron chi connectivity index (χ1n) is 5.60. The van der Waals surface area contributed by atoms with Crippen molar-refractivity contribution in [1.29, 1.82) is 0 Å². The summed E-state index contributed by atoms with van der Waals surface area (Å²) in [6, 6.07) is 6.40. The van der Waals surface area contributed by atoms with Crippen LogP contribution in [0.15, 0.2) is 36.7 Å². The van der Waals surface area contributed by atoms with E-state index in [1.165, 1.54) is 6.07 Å². The quantitative estimate of drug-likeness (QED) is 0.876. The number of anilines is 3. The number of nitrogens with zero attached hydrogens (tertiary/aromatic N) is 1. The molecule has 18 heavy (non-hydrogen) atoms. The number of rotatable bonds is 4. The Morgan fingerprint density at radius 3 is 2.78 bits per heavy atom. The lowest BCUT2D eigenvalue weighted by atomic mass is 10.3. The lowest BCUT2D eigenvalue weighted by Crippen LogP contribution is -1.99. The van der Waals surface area contributed by atoms with Crippen molar-refractivity contribution in [1.82, 2.24) is 4.98 Å². The summed E-state index contributed by atoms with van der Waals surface area (Å²) in [6.45, 7) is 2.79. The fraction of sp³-hybridized carbons (Fsp3) is 0.154. The molecule has 0 atom stereocenters. The molecule has 2 N–H and O–H groups in total. The molecule has 5 heteroatoms. The zero-order valence-corrected chi connectivity index (χ0v) is 10.6. The second-order valence-corrected chi connectivity index (χ2v) is 4.12. The van der Waals surface area contributed by atoms with E-state index in [0.29, 0.717) is 10.7 Å². The number of nitrogens with one attached hydrogen (secondary N) is 2. The van der Waals surface area contributed by atoms with Crippen LogP contribution in [-0.2, 0) is 0 Å². The van der Waals surface area contributed by atoms with Gasteiger partial charge in [-0.25, -0.2) is 4.39 Å². The molecule has 0 aliphatic carbocycles. The highest BCUT2D eigenvalue weighted by molar-refractivity contribution is 6.33. The van der Waals surface area contributed by atoms with E-state index in [-0.39, 0.29) is 5.69 Å². The van der Waals surface area contributed by atoms with Crippen molar-refractivity contribution in [2.24, 2.45) is 0 Å². The second-order valence-electron chi connectivity index (χ2n) is 3.71. The molecule has 0 saturated heterocycles. The molecule has 1 aromatic carbocycles.